The van der Waals surface area contributed by atoms with Gasteiger partial charge in [-0.2, -0.15) is 0 Å². The van der Waals surface area contributed by atoms with Crippen molar-refractivity contribution in [3.05, 3.63) is 240 Å². The van der Waals surface area contributed by atoms with Crippen molar-refractivity contribution in [2.24, 2.45) is 11.8 Å². The van der Waals surface area contributed by atoms with Crippen LogP contribution in [0.2, 0.25) is 0 Å². The molecule has 0 bridgehead atoms. The van der Waals surface area contributed by atoms with Crippen molar-refractivity contribution in [3.63, 3.8) is 0 Å². The minimum Gasteiger partial charge on any atom is -0.292 e. The van der Waals surface area contributed by atoms with Gasteiger partial charge >= 0.3 is 0 Å². The summed E-state index contributed by atoms with van der Waals surface area (Å²) in [5.74, 6) is 1.40. The lowest BCUT2D eigenvalue weighted by molar-refractivity contribution is 0.647. The third kappa shape index (κ3) is 7.03. The Morgan fingerprint density at radius 1 is 0.491 bits per heavy atom. The number of nitrogens with zero attached hydrogens (tertiary/aromatic N) is 2. The van der Waals surface area contributed by atoms with Crippen molar-refractivity contribution in [2.45, 2.75) is 12.8 Å². The molecule has 3 aliphatic rings. The molecule has 5 aromatic carbocycles. The van der Waals surface area contributed by atoms with E-state index in [2.05, 4.69) is 223 Å². The van der Waals surface area contributed by atoms with Gasteiger partial charge in [-0.15, -0.1) is 0 Å². The fourth-order valence-electron chi connectivity index (χ4n) is 7.99. The van der Waals surface area contributed by atoms with Gasteiger partial charge in [0, 0.05) is 23.1 Å². The van der Waals surface area contributed by atoms with E-state index < -0.39 is 0 Å². The van der Waals surface area contributed by atoms with Gasteiger partial charge in [0.25, 0.3) is 0 Å². The van der Waals surface area contributed by atoms with Crippen molar-refractivity contribution >= 4 is 22.2 Å². The van der Waals surface area contributed by atoms with Crippen LogP contribution in [0.4, 0.5) is 0 Å². The largest absolute Gasteiger partial charge is 0.292 e. The van der Waals surface area contributed by atoms with E-state index in [0.717, 1.165) is 46.5 Å². The molecule has 0 spiro atoms. The number of fused-ring (bicyclic) bond motifs is 3. The predicted octanol–water partition coefficient (Wildman–Crippen LogP) is 11.6. The van der Waals surface area contributed by atoms with Crippen LogP contribution in [0.5, 0.6) is 0 Å². The minimum atomic E-state index is 0.205. The van der Waals surface area contributed by atoms with E-state index >= 15 is 0 Å². The summed E-state index contributed by atoms with van der Waals surface area (Å²) < 4.78 is 2.26. The van der Waals surface area contributed by atoms with E-state index in [1.165, 1.54) is 38.3 Å². The van der Waals surface area contributed by atoms with Gasteiger partial charge in [0.05, 0.1) is 11.0 Å². The molecule has 3 aliphatic carbocycles. The summed E-state index contributed by atoms with van der Waals surface area (Å²) in [6.45, 7) is 0. The molecule has 0 N–H and O–H groups in total. The summed E-state index contributed by atoms with van der Waals surface area (Å²) in [5.41, 5.74) is 11.6. The zero-order valence-corrected chi connectivity index (χ0v) is 30.7. The normalized spacial score (nSPS) is 23.7. The van der Waals surface area contributed by atoms with E-state index in [9.17, 15) is 0 Å². The Morgan fingerprint density at radius 2 is 1.13 bits per heavy atom. The molecule has 2 unspecified atom stereocenters. The monoisotopic (exact) mass is 706 g/mol. The van der Waals surface area contributed by atoms with Crippen LogP contribution in [0.15, 0.2) is 224 Å². The molecule has 264 valence electrons. The van der Waals surface area contributed by atoms with Gasteiger partial charge in [-0.05, 0) is 87.0 Å². The van der Waals surface area contributed by atoms with Crippen molar-refractivity contribution in [3.8, 4) is 28.2 Å². The predicted molar refractivity (Wildman–Crippen MR) is 232 cm³/mol. The Labute approximate surface area is 323 Å². The van der Waals surface area contributed by atoms with Crippen LogP contribution in [-0.2, 0) is 0 Å². The standard InChI is InChI=1S/C53H42N2/c1-2-8-20-40-23-16-17-27-45(40)47(28-14-3-1)48-29-15-5-4-13-26-46(41-21-9-6-10-22-41)50-38-43(36-37-49(48)50)39-32-34-42(35-33-39)53-54-51-30-18-19-31-52(51)55(53)44-24-11-7-12-25-44/h1-3,6-38,40,45H,4-5H2/b2-1-,14-3-,20-8+,26-13+,29-15+,47-28-,49-48+,50-46+. The molecule has 1 heterocycles. The highest BCUT2D eigenvalue weighted by molar-refractivity contribution is 5.84. The Balaban J connectivity index is 1.24. The summed E-state index contributed by atoms with van der Waals surface area (Å²) in [6, 6.07) is 45.7. The van der Waals surface area contributed by atoms with E-state index in [4.69, 9.17) is 4.98 Å². The lowest BCUT2D eigenvalue weighted by Gasteiger charge is -2.26. The van der Waals surface area contributed by atoms with Crippen molar-refractivity contribution in [1.29, 1.82) is 0 Å². The van der Waals surface area contributed by atoms with Crippen molar-refractivity contribution in [1.82, 2.24) is 9.55 Å². The summed E-state index contributed by atoms with van der Waals surface area (Å²) in [5, 5.41) is 2.46. The minimum absolute atomic E-state index is 0.205. The summed E-state index contributed by atoms with van der Waals surface area (Å²) in [7, 11) is 0. The maximum absolute atomic E-state index is 5.12. The van der Waals surface area contributed by atoms with Crippen LogP contribution in [0.3, 0.4) is 0 Å². The van der Waals surface area contributed by atoms with Crippen LogP contribution in [0, 0.1) is 11.8 Å². The second-order valence-electron chi connectivity index (χ2n) is 14.2. The third-order valence-electron chi connectivity index (χ3n) is 10.7. The van der Waals surface area contributed by atoms with Crippen LogP contribution < -0.4 is 10.4 Å². The number of benzene rings is 5. The van der Waals surface area contributed by atoms with Crippen LogP contribution in [0.1, 0.15) is 18.4 Å². The highest BCUT2D eigenvalue weighted by atomic mass is 15.1. The maximum atomic E-state index is 5.12. The molecule has 0 fully saturated rings. The number of allylic oxidation sites excluding steroid dienone is 16. The molecule has 2 nitrogen and oxygen atoms in total. The zero-order valence-electron chi connectivity index (χ0n) is 30.7. The van der Waals surface area contributed by atoms with Gasteiger partial charge in [0.1, 0.15) is 5.82 Å². The molecule has 0 radical (unpaired) electrons. The van der Waals surface area contributed by atoms with E-state index in [0.29, 0.717) is 0 Å². The van der Waals surface area contributed by atoms with Gasteiger partial charge < -0.3 is 0 Å². The first kappa shape index (κ1) is 34.0. The smallest absolute Gasteiger partial charge is 0.145 e. The lowest BCUT2D eigenvalue weighted by atomic mass is 9.78. The molecule has 6 aromatic rings. The molecule has 0 saturated heterocycles. The van der Waals surface area contributed by atoms with Gasteiger partial charge in [-0.3, -0.25) is 4.57 Å². The molecule has 0 aliphatic heterocycles. The molecule has 55 heavy (non-hydrogen) atoms. The number of para-hydroxylation sites is 3. The first-order valence-electron chi connectivity index (χ1n) is 19.3. The molecule has 1 aromatic heterocycles. The first-order valence-corrected chi connectivity index (χ1v) is 19.3. The fourth-order valence-corrected chi connectivity index (χ4v) is 7.99. The molecular weight excluding hydrogens is 665 g/mol. The quantitative estimate of drug-likeness (QED) is 0.174. The highest BCUT2D eigenvalue weighted by Crippen LogP contribution is 2.35. The SMILES string of the molecule is C1=CC2\C=C\C=C/C=C\C=C(C3=c4\ccc(-c5ccc(-c6nc7ccccc7n6-c6ccccc6)cc5)c\c4=C(c4ccccc4)\C=C\CC\C=C\3)\C2C=C1. The average Bonchev–Trinajstić information content (AvgIpc) is 3.64. The summed E-state index contributed by atoms with van der Waals surface area (Å²) >= 11 is 0. The highest BCUT2D eigenvalue weighted by Gasteiger charge is 2.23. The number of imidazole rings is 1. The Kier molecular flexibility index (Phi) is 9.70. The average molecular weight is 707 g/mol. The maximum Gasteiger partial charge on any atom is 0.145 e. The molecule has 9 rings (SSSR count). The summed E-state index contributed by atoms with van der Waals surface area (Å²) in [4.78, 5) is 5.12. The Morgan fingerprint density at radius 3 is 1.95 bits per heavy atom. The molecular formula is C53H42N2. The van der Waals surface area contributed by atoms with Gasteiger partial charge in [0.15, 0.2) is 0 Å². The third-order valence-corrected chi connectivity index (χ3v) is 10.7. The topological polar surface area (TPSA) is 17.8 Å². The van der Waals surface area contributed by atoms with Gasteiger partial charge in [-0.25, -0.2) is 4.98 Å². The zero-order chi connectivity index (χ0) is 36.8. The van der Waals surface area contributed by atoms with Gasteiger partial charge in [0.2, 0.25) is 0 Å². The Hall–Kier alpha value is -6.77. The van der Waals surface area contributed by atoms with Crippen LogP contribution in [0.25, 0.3) is 50.4 Å². The number of hydrogen-bond donors (Lipinski definition) is 0. The summed E-state index contributed by atoms with van der Waals surface area (Å²) in [6.07, 6.45) is 35.8. The van der Waals surface area contributed by atoms with Gasteiger partial charge in [-0.1, -0.05) is 188 Å². The second-order valence-corrected chi connectivity index (χ2v) is 14.2. The Bertz CT molecular complexity index is 2730. The van der Waals surface area contributed by atoms with Crippen molar-refractivity contribution in [2.75, 3.05) is 0 Å². The second kappa shape index (κ2) is 15.7. The molecule has 2 atom stereocenters. The lowest BCUT2D eigenvalue weighted by Crippen LogP contribution is -2.31. The van der Waals surface area contributed by atoms with Crippen molar-refractivity contribution < 1.29 is 0 Å². The first-order chi connectivity index (χ1) is 27.3. The van der Waals surface area contributed by atoms with E-state index in [1.807, 2.05) is 0 Å². The van der Waals surface area contributed by atoms with Crippen LogP contribution in [-0.4, -0.2) is 9.55 Å². The number of hydrogen-bond acceptors (Lipinski definition) is 1. The fraction of sp³-hybridized carbons (Fsp3) is 0.0755. The van der Waals surface area contributed by atoms with Crippen LogP contribution >= 0.6 is 0 Å². The molecule has 0 amide bonds. The van der Waals surface area contributed by atoms with E-state index in [-0.39, 0.29) is 11.8 Å². The number of aromatic nitrogens is 2. The number of rotatable bonds is 5. The molecule has 2 heteroatoms. The van der Waals surface area contributed by atoms with E-state index in [1.54, 1.807) is 0 Å². The molecule has 0 saturated carbocycles.